The largest absolute Gasteiger partial charge is 0.469 e. The van der Waals surface area contributed by atoms with E-state index in [0.29, 0.717) is 13.0 Å². The van der Waals surface area contributed by atoms with Crippen LogP contribution in [0.3, 0.4) is 0 Å². The second kappa shape index (κ2) is 6.80. The highest BCUT2D eigenvalue weighted by atomic mass is 16.5. The summed E-state index contributed by atoms with van der Waals surface area (Å²) in [7, 11) is 1.40. The molecule has 3 nitrogen and oxygen atoms in total. The normalized spacial score (nSPS) is 10.6. The molecule has 1 aromatic rings. The van der Waals surface area contributed by atoms with Gasteiger partial charge in [0.15, 0.2) is 0 Å². The van der Waals surface area contributed by atoms with Crippen LogP contribution < -0.4 is 5.73 Å². The van der Waals surface area contributed by atoms with Crippen LogP contribution in [0.2, 0.25) is 0 Å². The second-order valence-electron chi connectivity index (χ2n) is 3.48. The minimum absolute atomic E-state index is 0.219. The Morgan fingerprint density at radius 3 is 3.00 bits per heavy atom. The molecule has 0 fully saturated rings. The molecular weight excluding hydrogens is 202 g/mol. The van der Waals surface area contributed by atoms with Gasteiger partial charge in [-0.15, -0.1) is 0 Å². The quantitative estimate of drug-likeness (QED) is 0.768. The molecule has 0 radical (unpaired) electrons. The van der Waals surface area contributed by atoms with Crippen molar-refractivity contribution in [3.8, 4) is 0 Å². The standard InChI is InChI=1S/C13H17NO2/c1-16-13(15)10-12-7-4-6-11(9-12)5-2-3-8-14/h2,4-7,9H,3,8,10,14H2,1H3. The molecule has 0 aromatic heterocycles. The van der Waals surface area contributed by atoms with E-state index in [1.165, 1.54) is 7.11 Å². The van der Waals surface area contributed by atoms with E-state index in [1.54, 1.807) is 0 Å². The molecule has 0 saturated carbocycles. The summed E-state index contributed by atoms with van der Waals surface area (Å²) in [5.41, 5.74) is 7.43. The third-order valence-corrected chi connectivity index (χ3v) is 2.17. The van der Waals surface area contributed by atoms with E-state index in [0.717, 1.165) is 17.5 Å². The summed E-state index contributed by atoms with van der Waals surface area (Å²) < 4.78 is 4.62. The summed E-state index contributed by atoms with van der Waals surface area (Å²) in [4.78, 5) is 11.1. The Hall–Kier alpha value is -1.61. The molecular formula is C13H17NO2. The molecule has 0 spiro atoms. The van der Waals surface area contributed by atoms with Crippen molar-refractivity contribution in [3.05, 3.63) is 41.5 Å². The minimum Gasteiger partial charge on any atom is -0.469 e. The molecule has 86 valence electrons. The number of esters is 1. The zero-order chi connectivity index (χ0) is 11.8. The molecule has 1 aromatic carbocycles. The lowest BCUT2D eigenvalue weighted by molar-refractivity contribution is -0.139. The number of methoxy groups -OCH3 is 1. The van der Waals surface area contributed by atoms with Crippen molar-refractivity contribution in [1.29, 1.82) is 0 Å². The van der Waals surface area contributed by atoms with E-state index in [9.17, 15) is 4.79 Å². The molecule has 0 unspecified atom stereocenters. The summed E-state index contributed by atoms with van der Waals surface area (Å²) in [5, 5.41) is 0. The Balaban J connectivity index is 2.67. The van der Waals surface area contributed by atoms with Crippen LogP contribution in [0, 0.1) is 0 Å². The highest BCUT2D eigenvalue weighted by Crippen LogP contribution is 2.08. The molecule has 16 heavy (non-hydrogen) atoms. The first-order valence-electron chi connectivity index (χ1n) is 5.28. The Morgan fingerprint density at radius 2 is 2.31 bits per heavy atom. The van der Waals surface area contributed by atoms with Crippen molar-refractivity contribution in [1.82, 2.24) is 0 Å². The Bertz CT molecular complexity index is 372. The Morgan fingerprint density at radius 1 is 1.50 bits per heavy atom. The van der Waals surface area contributed by atoms with Gasteiger partial charge < -0.3 is 10.5 Å². The molecule has 0 amide bonds. The van der Waals surface area contributed by atoms with Gasteiger partial charge in [0.2, 0.25) is 0 Å². The van der Waals surface area contributed by atoms with Gasteiger partial charge in [-0.3, -0.25) is 4.79 Å². The molecule has 0 aliphatic rings. The van der Waals surface area contributed by atoms with E-state index in [1.807, 2.05) is 36.4 Å². The first-order valence-corrected chi connectivity index (χ1v) is 5.28. The summed E-state index contributed by atoms with van der Waals surface area (Å²) in [5.74, 6) is -0.219. The van der Waals surface area contributed by atoms with Crippen LogP contribution in [-0.4, -0.2) is 19.6 Å². The van der Waals surface area contributed by atoms with Crippen molar-refractivity contribution < 1.29 is 9.53 Å². The van der Waals surface area contributed by atoms with Gasteiger partial charge >= 0.3 is 5.97 Å². The fourth-order valence-electron chi connectivity index (χ4n) is 1.36. The third kappa shape index (κ3) is 4.28. The number of carbonyl (C=O) groups excluding carboxylic acids is 1. The molecule has 0 atom stereocenters. The highest BCUT2D eigenvalue weighted by molar-refractivity contribution is 5.72. The Labute approximate surface area is 95.9 Å². The van der Waals surface area contributed by atoms with Gasteiger partial charge in [0.25, 0.3) is 0 Å². The average molecular weight is 219 g/mol. The third-order valence-electron chi connectivity index (χ3n) is 2.17. The van der Waals surface area contributed by atoms with E-state index in [2.05, 4.69) is 4.74 Å². The fourth-order valence-corrected chi connectivity index (χ4v) is 1.36. The van der Waals surface area contributed by atoms with Crippen LogP contribution in [0.15, 0.2) is 30.3 Å². The first-order chi connectivity index (χ1) is 7.76. The van der Waals surface area contributed by atoms with E-state index < -0.39 is 0 Å². The number of rotatable bonds is 5. The minimum atomic E-state index is -0.219. The molecule has 0 aliphatic heterocycles. The summed E-state index contributed by atoms with van der Waals surface area (Å²) in [6.07, 6.45) is 5.21. The zero-order valence-corrected chi connectivity index (χ0v) is 9.48. The van der Waals surface area contributed by atoms with Gasteiger partial charge in [-0.2, -0.15) is 0 Å². The van der Waals surface area contributed by atoms with Crippen LogP contribution in [-0.2, 0) is 16.0 Å². The Kier molecular flexibility index (Phi) is 5.29. The maximum atomic E-state index is 11.1. The highest BCUT2D eigenvalue weighted by Gasteiger charge is 2.02. The molecule has 0 bridgehead atoms. The van der Waals surface area contributed by atoms with Crippen LogP contribution in [0.4, 0.5) is 0 Å². The molecule has 0 saturated heterocycles. The van der Waals surface area contributed by atoms with Gasteiger partial charge in [-0.25, -0.2) is 0 Å². The predicted molar refractivity (Wildman–Crippen MR) is 64.9 cm³/mol. The van der Waals surface area contributed by atoms with Gasteiger partial charge in [-0.1, -0.05) is 36.4 Å². The molecule has 0 heterocycles. The van der Waals surface area contributed by atoms with Gasteiger partial charge in [0, 0.05) is 0 Å². The van der Waals surface area contributed by atoms with Crippen molar-refractivity contribution in [2.75, 3.05) is 13.7 Å². The van der Waals surface area contributed by atoms with Crippen molar-refractivity contribution in [2.45, 2.75) is 12.8 Å². The van der Waals surface area contributed by atoms with Gasteiger partial charge in [0.05, 0.1) is 13.5 Å². The number of nitrogens with two attached hydrogens (primary N) is 1. The van der Waals surface area contributed by atoms with E-state index in [-0.39, 0.29) is 5.97 Å². The summed E-state index contributed by atoms with van der Waals surface area (Å²) in [6, 6.07) is 7.81. The first kappa shape index (κ1) is 12.5. The topological polar surface area (TPSA) is 52.3 Å². The second-order valence-corrected chi connectivity index (χ2v) is 3.48. The lowest BCUT2D eigenvalue weighted by atomic mass is 10.1. The van der Waals surface area contributed by atoms with Gasteiger partial charge in [-0.05, 0) is 24.1 Å². The van der Waals surface area contributed by atoms with Crippen molar-refractivity contribution >= 4 is 12.0 Å². The van der Waals surface area contributed by atoms with E-state index >= 15 is 0 Å². The van der Waals surface area contributed by atoms with E-state index in [4.69, 9.17) is 5.73 Å². The lowest BCUT2D eigenvalue weighted by Crippen LogP contribution is -2.04. The maximum absolute atomic E-state index is 11.1. The fraction of sp³-hybridized carbons (Fsp3) is 0.308. The SMILES string of the molecule is COC(=O)Cc1cccc(C=CCCN)c1. The summed E-state index contributed by atoms with van der Waals surface area (Å²) >= 11 is 0. The number of hydrogen-bond donors (Lipinski definition) is 1. The van der Waals surface area contributed by atoms with Crippen LogP contribution in [0.1, 0.15) is 17.5 Å². The summed E-state index contributed by atoms with van der Waals surface area (Å²) in [6.45, 7) is 0.651. The molecule has 2 N–H and O–H groups in total. The number of hydrogen-bond acceptors (Lipinski definition) is 3. The van der Waals surface area contributed by atoms with Crippen molar-refractivity contribution in [3.63, 3.8) is 0 Å². The maximum Gasteiger partial charge on any atom is 0.309 e. The van der Waals surface area contributed by atoms with Crippen LogP contribution in [0.5, 0.6) is 0 Å². The van der Waals surface area contributed by atoms with Gasteiger partial charge in [0.1, 0.15) is 0 Å². The molecule has 3 heteroatoms. The predicted octanol–water partition coefficient (Wildman–Crippen LogP) is 1.76. The van der Waals surface area contributed by atoms with Crippen LogP contribution >= 0.6 is 0 Å². The molecule has 0 aliphatic carbocycles. The van der Waals surface area contributed by atoms with Crippen molar-refractivity contribution in [2.24, 2.45) is 5.73 Å². The average Bonchev–Trinajstić information content (AvgIpc) is 2.30. The lowest BCUT2D eigenvalue weighted by Gasteiger charge is -2.01. The zero-order valence-electron chi connectivity index (χ0n) is 9.48. The number of benzene rings is 1. The monoisotopic (exact) mass is 219 g/mol. The van der Waals surface area contributed by atoms with Crippen LogP contribution in [0.25, 0.3) is 6.08 Å². The molecule has 1 rings (SSSR count). The number of carbonyl (C=O) groups is 1. The number of ether oxygens (including phenoxy) is 1. The smallest absolute Gasteiger partial charge is 0.309 e.